The monoisotopic (exact) mass is 236 g/mol. The van der Waals surface area contributed by atoms with Crippen LogP contribution in [0.25, 0.3) is 0 Å². The molecular formula is C13H16O4. The number of phenols is 1. The molecule has 1 aromatic carbocycles. The van der Waals surface area contributed by atoms with E-state index in [0.29, 0.717) is 6.42 Å². The molecule has 92 valence electrons. The molecule has 1 aliphatic rings. The van der Waals surface area contributed by atoms with Crippen molar-refractivity contribution in [1.82, 2.24) is 0 Å². The minimum Gasteiger partial charge on any atom is -0.508 e. The molecule has 0 amide bonds. The second-order valence-corrected chi connectivity index (χ2v) is 4.74. The van der Waals surface area contributed by atoms with E-state index >= 15 is 0 Å². The van der Waals surface area contributed by atoms with Gasteiger partial charge in [0.05, 0.1) is 0 Å². The Morgan fingerprint density at radius 2 is 2.29 bits per heavy atom. The average Bonchev–Trinajstić information content (AvgIpc) is 2.27. The van der Waals surface area contributed by atoms with Crippen molar-refractivity contribution < 1.29 is 19.7 Å². The molecule has 4 heteroatoms. The van der Waals surface area contributed by atoms with E-state index in [1.54, 1.807) is 18.2 Å². The van der Waals surface area contributed by atoms with E-state index in [2.05, 4.69) is 0 Å². The van der Waals surface area contributed by atoms with Gasteiger partial charge in [-0.05, 0) is 49.9 Å². The van der Waals surface area contributed by atoms with Crippen molar-refractivity contribution in [3.05, 3.63) is 23.8 Å². The van der Waals surface area contributed by atoms with E-state index in [4.69, 9.17) is 9.84 Å². The smallest absolute Gasteiger partial charge is 0.303 e. The lowest BCUT2D eigenvalue weighted by Gasteiger charge is -2.35. The van der Waals surface area contributed by atoms with Gasteiger partial charge in [0, 0.05) is 6.42 Å². The summed E-state index contributed by atoms with van der Waals surface area (Å²) in [6.07, 6.45) is 2.20. The van der Waals surface area contributed by atoms with Gasteiger partial charge in [0.1, 0.15) is 17.1 Å². The second kappa shape index (κ2) is 4.28. The van der Waals surface area contributed by atoms with Crippen LogP contribution < -0.4 is 4.74 Å². The number of rotatable bonds is 3. The van der Waals surface area contributed by atoms with Gasteiger partial charge in [0.2, 0.25) is 0 Å². The number of hydrogen-bond acceptors (Lipinski definition) is 3. The Bertz CT molecular complexity index is 441. The van der Waals surface area contributed by atoms with Gasteiger partial charge in [0.15, 0.2) is 0 Å². The molecule has 0 aromatic heterocycles. The molecule has 0 aliphatic carbocycles. The fourth-order valence-corrected chi connectivity index (χ4v) is 2.12. The largest absolute Gasteiger partial charge is 0.508 e. The first-order chi connectivity index (χ1) is 7.98. The van der Waals surface area contributed by atoms with Crippen LogP contribution in [0, 0.1) is 0 Å². The van der Waals surface area contributed by atoms with Crippen LogP contribution in [0.3, 0.4) is 0 Å². The fourth-order valence-electron chi connectivity index (χ4n) is 2.12. The van der Waals surface area contributed by atoms with E-state index in [9.17, 15) is 9.90 Å². The summed E-state index contributed by atoms with van der Waals surface area (Å²) < 4.78 is 5.85. The number of carboxylic acid groups (broad SMARTS) is 1. The van der Waals surface area contributed by atoms with Gasteiger partial charge in [0.25, 0.3) is 0 Å². The molecule has 0 bridgehead atoms. The van der Waals surface area contributed by atoms with Crippen LogP contribution in [0.2, 0.25) is 0 Å². The van der Waals surface area contributed by atoms with Crippen molar-refractivity contribution >= 4 is 5.97 Å². The SMILES string of the molecule is CC1(CCC(=O)O)CCc2cc(O)ccc2O1. The van der Waals surface area contributed by atoms with Gasteiger partial charge in [-0.1, -0.05) is 0 Å². The third-order valence-corrected chi connectivity index (χ3v) is 3.19. The van der Waals surface area contributed by atoms with E-state index in [1.165, 1.54) is 0 Å². The molecule has 2 rings (SSSR count). The van der Waals surface area contributed by atoms with E-state index in [1.807, 2.05) is 6.92 Å². The van der Waals surface area contributed by atoms with Gasteiger partial charge >= 0.3 is 5.97 Å². The summed E-state index contributed by atoms with van der Waals surface area (Å²) in [6, 6.07) is 5.02. The van der Waals surface area contributed by atoms with E-state index in [-0.39, 0.29) is 12.2 Å². The molecule has 1 atom stereocenters. The van der Waals surface area contributed by atoms with Crippen molar-refractivity contribution in [1.29, 1.82) is 0 Å². The first kappa shape index (κ1) is 11.8. The highest BCUT2D eigenvalue weighted by Crippen LogP contribution is 2.37. The lowest BCUT2D eigenvalue weighted by Crippen LogP contribution is -2.36. The van der Waals surface area contributed by atoms with Crippen LogP contribution in [0.5, 0.6) is 11.5 Å². The Hall–Kier alpha value is -1.71. The van der Waals surface area contributed by atoms with E-state index in [0.717, 1.165) is 24.2 Å². The summed E-state index contributed by atoms with van der Waals surface area (Å²) in [5.74, 6) is 0.190. The number of fused-ring (bicyclic) bond motifs is 1. The maximum Gasteiger partial charge on any atom is 0.303 e. The molecule has 0 spiro atoms. The predicted octanol–water partition coefficient (Wildman–Crippen LogP) is 2.34. The van der Waals surface area contributed by atoms with Crippen LogP contribution in [0.1, 0.15) is 31.7 Å². The lowest BCUT2D eigenvalue weighted by molar-refractivity contribution is -0.138. The molecule has 17 heavy (non-hydrogen) atoms. The molecule has 0 radical (unpaired) electrons. The first-order valence-electron chi connectivity index (χ1n) is 5.71. The normalized spacial score (nSPS) is 22.6. The topological polar surface area (TPSA) is 66.8 Å². The van der Waals surface area contributed by atoms with Crippen molar-refractivity contribution in [3.63, 3.8) is 0 Å². The Kier molecular flexibility index (Phi) is 2.96. The number of aliphatic carboxylic acids is 1. The van der Waals surface area contributed by atoms with Crippen LogP contribution in [-0.2, 0) is 11.2 Å². The van der Waals surface area contributed by atoms with Crippen molar-refractivity contribution in [2.75, 3.05) is 0 Å². The quantitative estimate of drug-likeness (QED) is 0.845. The fraction of sp³-hybridized carbons (Fsp3) is 0.462. The molecule has 1 aromatic rings. The van der Waals surface area contributed by atoms with Gasteiger partial charge in [-0.3, -0.25) is 4.79 Å². The molecule has 1 unspecified atom stereocenters. The number of phenolic OH excluding ortho intramolecular Hbond substituents is 1. The first-order valence-corrected chi connectivity index (χ1v) is 5.71. The zero-order valence-corrected chi connectivity index (χ0v) is 9.77. The molecular weight excluding hydrogens is 220 g/mol. The number of aromatic hydroxyl groups is 1. The Morgan fingerprint density at radius 3 is 3.00 bits per heavy atom. The van der Waals surface area contributed by atoms with Gasteiger partial charge in [-0.25, -0.2) is 0 Å². The average molecular weight is 236 g/mol. The summed E-state index contributed by atoms with van der Waals surface area (Å²) in [7, 11) is 0. The highest BCUT2D eigenvalue weighted by Gasteiger charge is 2.31. The minimum absolute atomic E-state index is 0.115. The molecule has 1 heterocycles. The predicted molar refractivity (Wildman–Crippen MR) is 62.3 cm³/mol. The van der Waals surface area contributed by atoms with Crippen molar-refractivity contribution in [3.8, 4) is 11.5 Å². The van der Waals surface area contributed by atoms with Crippen molar-refractivity contribution in [2.24, 2.45) is 0 Å². The minimum atomic E-state index is -0.800. The number of ether oxygens (including phenoxy) is 1. The molecule has 2 N–H and O–H groups in total. The zero-order valence-electron chi connectivity index (χ0n) is 9.77. The Morgan fingerprint density at radius 1 is 1.53 bits per heavy atom. The van der Waals surface area contributed by atoms with Crippen LogP contribution in [0.4, 0.5) is 0 Å². The van der Waals surface area contributed by atoms with Gasteiger partial charge in [-0.2, -0.15) is 0 Å². The van der Waals surface area contributed by atoms with Crippen LogP contribution >= 0.6 is 0 Å². The van der Waals surface area contributed by atoms with Crippen LogP contribution in [0.15, 0.2) is 18.2 Å². The van der Waals surface area contributed by atoms with Gasteiger partial charge < -0.3 is 14.9 Å². The molecule has 0 saturated heterocycles. The number of aryl methyl sites for hydroxylation is 1. The summed E-state index contributed by atoms with van der Waals surface area (Å²) in [4.78, 5) is 10.6. The molecule has 1 aliphatic heterocycles. The third kappa shape index (κ3) is 2.70. The maximum atomic E-state index is 10.6. The highest BCUT2D eigenvalue weighted by atomic mass is 16.5. The number of hydrogen-bond donors (Lipinski definition) is 2. The van der Waals surface area contributed by atoms with Crippen LogP contribution in [-0.4, -0.2) is 21.8 Å². The van der Waals surface area contributed by atoms with Gasteiger partial charge in [-0.15, -0.1) is 0 Å². The Labute approximate surface area is 99.8 Å². The number of benzene rings is 1. The summed E-state index contributed by atoms with van der Waals surface area (Å²) >= 11 is 0. The molecule has 0 fully saturated rings. The van der Waals surface area contributed by atoms with Crippen molar-refractivity contribution in [2.45, 2.75) is 38.2 Å². The summed E-state index contributed by atoms with van der Waals surface area (Å²) in [5, 5.41) is 18.1. The zero-order chi connectivity index (χ0) is 12.5. The molecule has 0 saturated carbocycles. The number of carboxylic acids is 1. The van der Waals surface area contributed by atoms with E-state index < -0.39 is 11.6 Å². The Balaban J connectivity index is 2.12. The maximum absolute atomic E-state index is 10.6. The summed E-state index contributed by atoms with van der Waals surface area (Å²) in [6.45, 7) is 1.94. The standard InChI is InChI=1S/C13H16O4/c1-13(7-5-12(15)16)6-4-9-8-10(14)2-3-11(9)17-13/h2-3,8,14H,4-7H2,1H3,(H,15,16). The molecule has 4 nitrogen and oxygen atoms in total. The summed E-state index contributed by atoms with van der Waals surface area (Å²) in [5.41, 5.74) is 0.570. The number of carbonyl (C=O) groups is 1. The second-order valence-electron chi connectivity index (χ2n) is 4.74. The third-order valence-electron chi connectivity index (χ3n) is 3.19. The highest BCUT2D eigenvalue weighted by molar-refractivity contribution is 5.66. The lowest BCUT2D eigenvalue weighted by atomic mass is 9.89.